The van der Waals surface area contributed by atoms with Crippen LogP contribution in [0.5, 0.6) is 0 Å². The summed E-state index contributed by atoms with van der Waals surface area (Å²) < 4.78 is 4.57. The molecule has 0 aliphatic carbocycles. The molecule has 0 bridgehead atoms. The molecule has 0 radical (unpaired) electrons. The van der Waals surface area contributed by atoms with E-state index in [-0.39, 0.29) is 0 Å². The predicted octanol–water partition coefficient (Wildman–Crippen LogP) is 1.13. The Morgan fingerprint density at radius 1 is 1.80 bits per heavy atom. The Bertz CT molecular complexity index is 153. The molecule has 0 aromatic heterocycles. The minimum absolute atomic E-state index is 0.384. The van der Waals surface area contributed by atoms with Crippen LogP contribution in [0.4, 0.5) is 0 Å². The molecule has 10 heavy (non-hydrogen) atoms. The first-order valence-electron chi connectivity index (χ1n) is 3.05. The van der Waals surface area contributed by atoms with Crippen LogP contribution >= 0.6 is 0 Å². The molecule has 54 valence electrons. The maximum absolute atomic E-state index is 10.3. The zero-order valence-corrected chi connectivity index (χ0v) is 5.80. The lowest BCUT2D eigenvalue weighted by atomic mass is 10.3. The average molecular weight is 138 g/mol. The van der Waals surface area contributed by atoms with Crippen LogP contribution in [0.25, 0.3) is 0 Å². The van der Waals surface area contributed by atoms with E-state index in [1.165, 1.54) is 0 Å². The zero-order chi connectivity index (χ0) is 7.82. The molecule has 0 spiro atoms. The van der Waals surface area contributed by atoms with E-state index in [0.717, 1.165) is 12.8 Å². The molecule has 0 aliphatic heterocycles. The zero-order valence-electron chi connectivity index (χ0n) is 5.80. The lowest BCUT2D eigenvalue weighted by Gasteiger charge is -1.96. The van der Waals surface area contributed by atoms with E-state index >= 15 is 0 Å². The quantitative estimate of drug-likeness (QED) is 0.191. The molecule has 0 saturated heterocycles. The number of carbonyl (C=O) groups excluding carboxylic acids is 1. The summed E-state index contributed by atoms with van der Waals surface area (Å²) in [4.78, 5) is 10.3. The van der Waals surface area contributed by atoms with Gasteiger partial charge < -0.3 is 4.74 Å². The van der Waals surface area contributed by atoms with E-state index < -0.39 is 5.97 Å². The molecule has 0 amide bonds. The largest absolute Gasteiger partial charge is 0.456 e. The number of hydrogen-bond donors (Lipinski definition) is 0. The fraction of sp³-hybridized carbons (Fsp3) is 0.375. The lowest BCUT2D eigenvalue weighted by molar-refractivity contribution is -0.136. The second-order valence-electron chi connectivity index (χ2n) is 1.71. The van der Waals surface area contributed by atoms with Gasteiger partial charge in [-0.1, -0.05) is 6.08 Å². The number of allylic oxidation sites excluding steroid dienone is 1. The van der Waals surface area contributed by atoms with Gasteiger partial charge in [-0.15, -0.1) is 13.0 Å². The predicted molar refractivity (Wildman–Crippen MR) is 39.2 cm³/mol. The monoisotopic (exact) mass is 138 g/mol. The van der Waals surface area contributed by atoms with E-state index in [1.807, 2.05) is 5.92 Å². The van der Waals surface area contributed by atoms with Gasteiger partial charge in [-0.25, -0.2) is 4.79 Å². The van der Waals surface area contributed by atoms with Gasteiger partial charge >= 0.3 is 5.97 Å². The summed E-state index contributed by atoms with van der Waals surface area (Å²) in [5.41, 5.74) is 0. The van der Waals surface area contributed by atoms with Gasteiger partial charge in [-0.2, -0.15) is 0 Å². The van der Waals surface area contributed by atoms with E-state index in [0.29, 0.717) is 6.61 Å². The van der Waals surface area contributed by atoms with E-state index in [1.54, 1.807) is 6.08 Å². The second kappa shape index (κ2) is 5.90. The number of esters is 1. The number of hydrogen-bond acceptors (Lipinski definition) is 2. The molecule has 0 heterocycles. The third-order valence-corrected chi connectivity index (χ3v) is 0.904. The summed E-state index contributed by atoms with van der Waals surface area (Å²) in [7, 11) is 0. The highest BCUT2D eigenvalue weighted by molar-refractivity contribution is 5.87. The van der Waals surface area contributed by atoms with Crippen LogP contribution in [0.1, 0.15) is 12.8 Å². The molecule has 2 heteroatoms. The van der Waals surface area contributed by atoms with Crippen molar-refractivity contribution in [2.24, 2.45) is 0 Å². The Morgan fingerprint density at radius 2 is 2.50 bits per heavy atom. The Labute approximate surface area is 60.9 Å². The van der Waals surface area contributed by atoms with Crippen molar-refractivity contribution in [3.05, 3.63) is 12.7 Å². The molecule has 0 aliphatic rings. The number of terminal acetylenes is 1. The van der Waals surface area contributed by atoms with Crippen LogP contribution in [0.3, 0.4) is 0 Å². The fourth-order valence-corrected chi connectivity index (χ4v) is 0.434. The van der Waals surface area contributed by atoms with Crippen LogP contribution in [0, 0.1) is 12.3 Å². The summed E-state index contributed by atoms with van der Waals surface area (Å²) in [6.45, 7) is 3.90. The topological polar surface area (TPSA) is 26.3 Å². The van der Waals surface area contributed by atoms with Gasteiger partial charge in [0.1, 0.15) is 0 Å². The Kier molecular flexibility index (Phi) is 5.17. The van der Waals surface area contributed by atoms with Gasteiger partial charge in [0.15, 0.2) is 0 Å². The molecular weight excluding hydrogens is 128 g/mol. The van der Waals surface area contributed by atoms with Crippen molar-refractivity contribution in [3.8, 4) is 12.3 Å². The van der Waals surface area contributed by atoms with Crippen molar-refractivity contribution in [2.45, 2.75) is 12.8 Å². The summed E-state index contributed by atoms with van der Waals surface area (Å²) in [6, 6.07) is 0. The normalized spacial score (nSPS) is 7.90. The van der Waals surface area contributed by atoms with Crippen LogP contribution in [0.15, 0.2) is 12.7 Å². The SMILES string of the molecule is C#CC(=O)OCCCC=C. The van der Waals surface area contributed by atoms with E-state index in [4.69, 9.17) is 6.42 Å². The molecule has 0 fully saturated rings. The minimum Gasteiger partial charge on any atom is -0.456 e. The Hall–Kier alpha value is -1.23. The first-order chi connectivity index (χ1) is 4.81. The fourth-order valence-electron chi connectivity index (χ4n) is 0.434. The first-order valence-corrected chi connectivity index (χ1v) is 3.05. The molecule has 0 aromatic carbocycles. The van der Waals surface area contributed by atoms with Gasteiger partial charge in [-0.3, -0.25) is 0 Å². The van der Waals surface area contributed by atoms with Crippen LogP contribution in [0.2, 0.25) is 0 Å². The second-order valence-corrected chi connectivity index (χ2v) is 1.71. The molecule has 0 atom stereocenters. The van der Waals surface area contributed by atoms with Crippen molar-refractivity contribution in [1.82, 2.24) is 0 Å². The first kappa shape index (κ1) is 8.77. The highest BCUT2D eigenvalue weighted by Crippen LogP contribution is 1.89. The van der Waals surface area contributed by atoms with Crippen LogP contribution in [-0.4, -0.2) is 12.6 Å². The highest BCUT2D eigenvalue weighted by Gasteiger charge is 1.92. The molecular formula is C8H10O2. The number of rotatable bonds is 4. The third-order valence-electron chi connectivity index (χ3n) is 0.904. The number of ether oxygens (including phenoxy) is 1. The maximum atomic E-state index is 10.3. The van der Waals surface area contributed by atoms with Gasteiger partial charge in [0, 0.05) is 5.92 Å². The molecule has 0 rings (SSSR count). The van der Waals surface area contributed by atoms with Crippen molar-refractivity contribution in [2.75, 3.05) is 6.61 Å². The van der Waals surface area contributed by atoms with E-state index in [9.17, 15) is 4.79 Å². The number of unbranched alkanes of at least 4 members (excludes halogenated alkanes) is 1. The smallest absolute Gasteiger partial charge is 0.384 e. The summed E-state index contributed by atoms with van der Waals surface area (Å²) in [5.74, 6) is 1.26. The van der Waals surface area contributed by atoms with Crippen LogP contribution in [-0.2, 0) is 9.53 Å². The van der Waals surface area contributed by atoms with Crippen molar-refractivity contribution >= 4 is 5.97 Å². The maximum Gasteiger partial charge on any atom is 0.384 e. The van der Waals surface area contributed by atoms with Crippen LogP contribution < -0.4 is 0 Å². The molecule has 0 unspecified atom stereocenters. The van der Waals surface area contributed by atoms with Gasteiger partial charge in [0.25, 0.3) is 0 Å². The molecule has 0 saturated carbocycles. The van der Waals surface area contributed by atoms with Crippen molar-refractivity contribution in [1.29, 1.82) is 0 Å². The highest BCUT2D eigenvalue weighted by atomic mass is 16.5. The van der Waals surface area contributed by atoms with E-state index in [2.05, 4.69) is 11.3 Å². The van der Waals surface area contributed by atoms with Gasteiger partial charge in [-0.05, 0) is 12.8 Å². The Balaban J connectivity index is 3.13. The standard InChI is InChI=1S/C8H10O2/c1-3-5-6-7-10-8(9)4-2/h2-3H,1,5-7H2. The van der Waals surface area contributed by atoms with Gasteiger partial charge in [0.05, 0.1) is 6.61 Å². The van der Waals surface area contributed by atoms with Crippen molar-refractivity contribution < 1.29 is 9.53 Å². The molecule has 0 aromatic rings. The number of carbonyl (C=O) groups is 1. The van der Waals surface area contributed by atoms with Gasteiger partial charge in [0.2, 0.25) is 0 Å². The third kappa shape index (κ3) is 4.92. The summed E-state index contributed by atoms with van der Waals surface area (Å²) in [5, 5.41) is 0. The summed E-state index contributed by atoms with van der Waals surface area (Å²) >= 11 is 0. The van der Waals surface area contributed by atoms with Crippen molar-refractivity contribution in [3.63, 3.8) is 0 Å². The summed E-state index contributed by atoms with van der Waals surface area (Å²) in [6.07, 6.45) is 8.14. The average Bonchev–Trinajstić information content (AvgIpc) is 1.98. The lowest BCUT2D eigenvalue weighted by Crippen LogP contribution is -2.01. The Morgan fingerprint density at radius 3 is 3.00 bits per heavy atom. The molecule has 0 N–H and O–H groups in total. The minimum atomic E-state index is -0.593. The molecule has 2 nitrogen and oxygen atoms in total.